The molecular weight excluding hydrogens is 279 g/mol. The molecule has 0 bridgehead atoms. The van der Waals surface area contributed by atoms with Crippen LogP contribution in [0.2, 0.25) is 5.02 Å². The minimum Gasteiger partial charge on any atom is -0.456 e. The van der Waals surface area contributed by atoms with Gasteiger partial charge in [-0.3, -0.25) is 0 Å². The van der Waals surface area contributed by atoms with Gasteiger partial charge in [0.25, 0.3) is 0 Å². The smallest absolute Gasteiger partial charge is 0.384 e. The molecule has 1 aromatic rings. The van der Waals surface area contributed by atoms with Crippen molar-refractivity contribution in [3.63, 3.8) is 0 Å². The molecule has 0 aliphatic heterocycles. The molecule has 0 aliphatic carbocycles. The van der Waals surface area contributed by atoms with E-state index in [0.29, 0.717) is 17.2 Å². The number of carbonyl (C=O) groups excluding carboxylic acids is 1. The Bertz CT molecular complexity index is 432. The number of benzene rings is 1. The van der Waals surface area contributed by atoms with Gasteiger partial charge in [0.05, 0.1) is 11.6 Å². The first kappa shape index (κ1) is 12.1. The minimum atomic E-state index is -0.524. The van der Waals surface area contributed by atoms with Gasteiger partial charge in [0.15, 0.2) is 0 Å². The Morgan fingerprint density at radius 3 is 2.93 bits per heavy atom. The Kier molecular flexibility index (Phi) is 4.67. The van der Waals surface area contributed by atoms with Gasteiger partial charge in [-0.2, -0.15) is 0 Å². The number of hydrogen-bond acceptors (Lipinski definition) is 2. The fourth-order valence-electron chi connectivity index (χ4n) is 0.864. The molecule has 0 spiro atoms. The molecule has 1 rings (SSSR count). The minimum absolute atomic E-state index is 0.331. The van der Waals surface area contributed by atoms with Crippen LogP contribution in [0.3, 0.4) is 0 Å². The normalized spacial score (nSPS) is 9.00. The highest BCUT2D eigenvalue weighted by molar-refractivity contribution is 9.10. The number of esters is 1. The Morgan fingerprint density at radius 1 is 1.60 bits per heavy atom. The van der Waals surface area contributed by atoms with Gasteiger partial charge in [-0.1, -0.05) is 17.5 Å². The summed E-state index contributed by atoms with van der Waals surface area (Å²) in [7, 11) is 0. The van der Waals surface area contributed by atoms with Crippen molar-refractivity contribution in [2.24, 2.45) is 0 Å². The van der Waals surface area contributed by atoms with Gasteiger partial charge in [0.2, 0.25) is 0 Å². The van der Waals surface area contributed by atoms with Gasteiger partial charge < -0.3 is 4.74 Å². The standard InChI is InChI=1S/C11H8BrClO2/c1-2-15-11(14)6-4-8-3-5-10(13)9(12)7-8/h3,5,7H,2H2,1H3. The molecule has 0 atom stereocenters. The molecule has 0 saturated carbocycles. The molecule has 0 amide bonds. The van der Waals surface area contributed by atoms with Crippen LogP contribution in [0.4, 0.5) is 0 Å². The Morgan fingerprint density at radius 2 is 2.33 bits per heavy atom. The van der Waals surface area contributed by atoms with E-state index in [-0.39, 0.29) is 0 Å². The monoisotopic (exact) mass is 286 g/mol. The highest BCUT2D eigenvalue weighted by Crippen LogP contribution is 2.22. The van der Waals surface area contributed by atoms with Crippen molar-refractivity contribution in [2.45, 2.75) is 6.92 Å². The van der Waals surface area contributed by atoms with Crippen molar-refractivity contribution in [3.8, 4) is 11.8 Å². The molecule has 0 N–H and O–H groups in total. The third-order valence-corrected chi connectivity index (χ3v) is 2.72. The van der Waals surface area contributed by atoms with Crippen molar-refractivity contribution in [1.29, 1.82) is 0 Å². The average Bonchev–Trinajstić information content (AvgIpc) is 2.20. The van der Waals surface area contributed by atoms with Crippen LogP contribution in [0.25, 0.3) is 0 Å². The molecule has 0 fully saturated rings. The van der Waals surface area contributed by atoms with Crippen LogP contribution in [-0.4, -0.2) is 12.6 Å². The van der Waals surface area contributed by atoms with E-state index < -0.39 is 5.97 Å². The van der Waals surface area contributed by atoms with E-state index in [1.165, 1.54) is 0 Å². The number of hydrogen-bond donors (Lipinski definition) is 0. The fourth-order valence-corrected chi connectivity index (χ4v) is 1.36. The summed E-state index contributed by atoms with van der Waals surface area (Å²) < 4.78 is 5.42. The molecule has 0 unspecified atom stereocenters. The van der Waals surface area contributed by atoms with E-state index in [1.54, 1.807) is 25.1 Å². The lowest BCUT2D eigenvalue weighted by atomic mass is 10.2. The Balaban J connectivity index is 2.80. The molecule has 0 heterocycles. The van der Waals surface area contributed by atoms with Crippen LogP contribution in [-0.2, 0) is 9.53 Å². The molecular formula is C11H8BrClO2. The zero-order chi connectivity index (χ0) is 11.3. The fraction of sp³-hybridized carbons (Fsp3) is 0.182. The average molecular weight is 288 g/mol. The quantitative estimate of drug-likeness (QED) is 0.586. The van der Waals surface area contributed by atoms with Crippen molar-refractivity contribution in [1.82, 2.24) is 0 Å². The van der Waals surface area contributed by atoms with Crippen molar-refractivity contribution in [2.75, 3.05) is 6.61 Å². The summed E-state index contributed by atoms with van der Waals surface area (Å²) in [6, 6.07) is 5.19. The maximum atomic E-state index is 10.9. The maximum absolute atomic E-state index is 10.9. The molecule has 78 valence electrons. The third-order valence-electron chi connectivity index (χ3n) is 1.50. The molecule has 0 radical (unpaired) electrons. The predicted octanol–water partition coefficient (Wildman–Crippen LogP) is 3.02. The first-order valence-corrected chi connectivity index (χ1v) is 5.44. The summed E-state index contributed by atoms with van der Waals surface area (Å²) in [5, 5.41) is 0.608. The topological polar surface area (TPSA) is 26.3 Å². The number of halogens is 2. The molecule has 1 aromatic carbocycles. The van der Waals surface area contributed by atoms with Crippen LogP contribution >= 0.6 is 27.5 Å². The Hall–Kier alpha value is -0.980. The van der Waals surface area contributed by atoms with E-state index in [0.717, 1.165) is 4.47 Å². The number of rotatable bonds is 1. The Labute approximate surface area is 102 Å². The van der Waals surface area contributed by atoms with Crippen LogP contribution < -0.4 is 0 Å². The second-order valence-electron chi connectivity index (χ2n) is 2.60. The summed E-state index contributed by atoms with van der Waals surface area (Å²) in [5.41, 5.74) is 0.708. The second-order valence-corrected chi connectivity index (χ2v) is 3.86. The third kappa shape index (κ3) is 3.94. The summed E-state index contributed by atoms with van der Waals surface area (Å²) in [6.45, 7) is 2.07. The van der Waals surface area contributed by atoms with Crippen LogP contribution in [0, 0.1) is 11.8 Å². The van der Waals surface area contributed by atoms with Crippen molar-refractivity contribution < 1.29 is 9.53 Å². The van der Waals surface area contributed by atoms with E-state index in [9.17, 15) is 4.79 Å². The summed E-state index contributed by atoms with van der Waals surface area (Å²) in [5.74, 6) is 4.53. The van der Waals surface area contributed by atoms with Gasteiger partial charge >= 0.3 is 5.97 Å². The molecule has 15 heavy (non-hydrogen) atoms. The van der Waals surface area contributed by atoms with Gasteiger partial charge in [-0.15, -0.1) is 0 Å². The van der Waals surface area contributed by atoms with Gasteiger partial charge in [0, 0.05) is 16.0 Å². The van der Waals surface area contributed by atoms with Crippen molar-refractivity contribution in [3.05, 3.63) is 33.3 Å². The predicted molar refractivity (Wildman–Crippen MR) is 62.7 cm³/mol. The first-order valence-electron chi connectivity index (χ1n) is 4.27. The largest absolute Gasteiger partial charge is 0.456 e. The van der Waals surface area contributed by atoms with E-state index >= 15 is 0 Å². The molecule has 4 heteroatoms. The summed E-state index contributed by atoms with van der Waals surface area (Å²) in [4.78, 5) is 10.9. The van der Waals surface area contributed by atoms with Gasteiger partial charge in [0.1, 0.15) is 0 Å². The summed E-state index contributed by atoms with van der Waals surface area (Å²) in [6.07, 6.45) is 0. The van der Waals surface area contributed by atoms with Crippen molar-refractivity contribution >= 4 is 33.5 Å². The highest BCUT2D eigenvalue weighted by Gasteiger charge is 1.97. The molecule has 0 aromatic heterocycles. The lowest BCUT2D eigenvalue weighted by Gasteiger charge is -1.95. The number of ether oxygens (including phenoxy) is 1. The maximum Gasteiger partial charge on any atom is 0.384 e. The van der Waals surface area contributed by atoms with E-state index in [1.807, 2.05) is 0 Å². The first-order chi connectivity index (χ1) is 7.13. The zero-order valence-corrected chi connectivity index (χ0v) is 10.4. The number of carbonyl (C=O) groups is 1. The van der Waals surface area contributed by atoms with E-state index in [4.69, 9.17) is 11.6 Å². The highest BCUT2D eigenvalue weighted by atomic mass is 79.9. The van der Waals surface area contributed by atoms with Gasteiger partial charge in [-0.25, -0.2) is 4.79 Å². The lowest BCUT2D eigenvalue weighted by Crippen LogP contribution is -1.99. The lowest BCUT2D eigenvalue weighted by molar-refractivity contribution is -0.136. The van der Waals surface area contributed by atoms with Gasteiger partial charge in [-0.05, 0) is 41.1 Å². The van der Waals surface area contributed by atoms with E-state index in [2.05, 4.69) is 32.5 Å². The molecule has 0 saturated heterocycles. The van der Waals surface area contributed by atoms with Crippen LogP contribution in [0.1, 0.15) is 12.5 Å². The molecule has 2 nitrogen and oxygen atoms in total. The van der Waals surface area contributed by atoms with Crippen LogP contribution in [0.15, 0.2) is 22.7 Å². The SMILES string of the molecule is CCOC(=O)C#Cc1ccc(Cl)c(Br)c1. The zero-order valence-electron chi connectivity index (χ0n) is 8.01. The molecule has 0 aliphatic rings. The second kappa shape index (κ2) is 5.79. The van der Waals surface area contributed by atoms with Crippen LogP contribution in [0.5, 0.6) is 0 Å². The summed E-state index contributed by atoms with van der Waals surface area (Å²) >= 11 is 9.07.